The van der Waals surface area contributed by atoms with Crippen molar-refractivity contribution in [3.8, 4) is 17.2 Å². The van der Waals surface area contributed by atoms with E-state index in [4.69, 9.17) is 18.9 Å². The van der Waals surface area contributed by atoms with Crippen LogP contribution in [-0.2, 0) is 9.53 Å². The average molecular weight is 469 g/mol. The smallest absolute Gasteiger partial charge is 0.255 e. The molecular formula is C25H28N2O7. The number of fused-ring (bicyclic) bond motifs is 4. The van der Waals surface area contributed by atoms with Crippen molar-refractivity contribution >= 4 is 17.5 Å². The summed E-state index contributed by atoms with van der Waals surface area (Å²) in [4.78, 5) is 25.1. The van der Waals surface area contributed by atoms with Crippen molar-refractivity contribution in [1.29, 1.82) is 0 Å². The van der Waals surface area contributed by atoms with Crippen LogP contribution in [0, 0.1) is 0 Å². The van der Waals surface area contributed by atoms with Crippen LogP contribution in [0.3, 0.4) is 0 Å². The summed E-state index contributed by atoms with van der Waals surface area (Å²) in [6.07, 6.45) is 0.500. The van der Waals surface area contributed by atoms with Gasteiger partial charge >= 0.3 is 0 Å². The fourth-order valence-corrected chi connectivity index (χ4v) is 4.75. The zero-order valence-electron chi connectivity index (χ0n) is 18.9. The van der Waals surface area contributed by atoms with Crippen molar-refractivity contribution in [3.63, 3.8) is 0 Å². The molecule has 1 fully saturated rings. The minimum Gasteiger partial charge on any atom is -0.487 e. The Morgan fingerprint density at radius 3 is 2.74 bits per heavy atom. The van der Waals surface area contributed by atoms with Crippen LogP contribution in [-0.4, -0.2) is 55.2 Å². The molecule has 3 aliphatic rings. The first-order valence-electron chi connectivity index (χ1n) is 11.6. The van der Waals surface area contributed by atoms with E-state index < -0.39 is 6.10 Å². The summed E-state index contributed by atoms with van der Waals surface area (Å²) in [5.41, 5.74) is 2.03. The van der Waals surface area contributed by atoms with E-state index in [1.807, 2.05) is 19.1 Å². The van der Waals surface area contributed by atoms with E-state index in [2.05, 4.69) is 10.6 Å². The molecule has 0 spiro atoms. The zero-order chi connectivity index (χ0) is 23.7. The van der Waals surface area contributed by atoms with Crippen LogP contribution in [0.5, 0.6) is 17.2 Å². The van der Waals surface area contributed by atoms with Crippen LogP contribution in [0.25, 0.3) is 0 Å². The molecule has 1 saturated heterocycles. The molecule has 2 aromatic carbocycles. The first-order valence-corrected chi connectivity index (χ1v) is 11.6. The van der Waals surface area contributed by atoms with Crippen molar-refractivity contribution < 1.29 is 33.6 Å². The molecule has 3 aliphatic heterocycles. The number of carbonyl (C=O) groups excluding carboxylic acids is 2. The molecule has 2 aromatic rings. The third-order valence-corrected chi connectivity index (χ3v) is 6.38. The molecule has 0 bridgehead atoms. The second-order valence-electron chi connectivity index (χ2n) is 8.73. The summed E-state index contributed by atoms with van der Waals surface area (Å²) in [5, 5.41) is 15.7. The molecule has 0 radical (unpaired) electrons. The van der Waals surface area contributed by atoms with Crippen molar-refractivity contribution in [3.05, 3.63) is 47.5 Å². The second kappa shape index (κ2) is 9.52. The quantitative estimate of drug-likeness (QED) is 0.572. The highest BCUT2D eigenvalue weighted by Gasteiger charge is 2.46. The number of amides is 2. The maximum Gasteiger partial charge on any atom is 0.255 e. The molecule has 4 atom stereocenters. The Labute approximate surface area is 197 Å². The van der Waals surface area contributed by atoms with Gasteiger partial charge < -0.3 is 34.7 Å². The van der Waals surface area contributed by atoms with Crippen LogP contribution in [0.2, 0.25) is 0 Å². The molecule has 9 heteroatoms. The normalized spacial score (nSPS) is 24.1. The Morgan fingerprint density at radius 1 is 1.09 bits per heavy atom. The summed E-state index contributed by atoms with van der Waals surface area (Å²) >= 11 is 0. The number of ether oxygens (including phenoxy) is 4. The molecule has 3 heterocycles. The molecule has 3 N–H and O–H groups in total. The first kappa shape index (κ1) is 22.5. The number of aliphatic hydroxyl groups is 1. The van der Waals surface area contributed by atoms with Crippen LogP contribution in [0.4, 0.5) is 5.69 Å². The summed E-state index contributed by atoms with van der Waals surface area (Å²) in [6.45, 7) is 2.57. The van der Waals surface area contributed by atoms with E-state index in [0.29, 0.717) is 41.5 Å². The summed E-state index contributed by atoms with van der Waals surface area (Å²) in [7, 11) is 0. The van der Waals surface area contributed by atoms with Gasteiger partial charge in [0.25, 0.3) is 5.91 Å². The monoisotopic (exact) mass is 468 g/mol. The van der Waals surface area contributed by atoms with E-state index >= 15 is 0 Å². The largest absolute Gasteiger partial charge is 0.487 e. The second-order valence-corrected chi connectivity index (χ2v) is 8.73. The van der Waals surface area contributed by atoms with Gasteiger partial charge in [-0.3, -0.25) is 9.59 Å². The predicted octanol–water partition coefficient (Wildman–Crippen LogP) is 2.58. The average Bonchev–Trinajstić information content (AvgIpc) is 3.46. The molecule has 180 valence electrons. The maximum absolute atomic E-state index is 12.8. The third kappa shape index (κ3) is 4.41. The minimum absolute atomic E-state index is 0.0488. The maximum atomic E-state index is 12.8. The van der Waals surface area contributed by atoms with E-state index in [1.54, 1.807) is 24.3 Å². The topological polar surface area (TPSA) is 115 Å². The molecule has 0 unspecified atom stereocenters. The van der Waals surface area contributed by atoms with E-state index in [0.717, 1.165) is 12.0 Å². The molecule has 5 rings (SSSR count). The molecular weight excluding hydrogens is 440 g/mol. The molecule has 34 heavy (non-hydrogen) atoms. The van der Waals surface area contributed by atoms with E-state index in [9.17, 15) is 14.7 Å². The summed E-state index contributed by atoms with van der Waals surface area (Å²) in [5.74, 6) is 1.49. The Hall–Kier alpha value is -3.30. The van der Waals surface area contributed by atoms with Gasteiger partial charge in [0.2, 0.25) is 12.7 Å². The number of aliphatic hydroxyl groups excluding tert-OH is 1. The Kier molecular flexibility index (Phi) is 6.30. The summed E-state index contributed by atoms with van der Waals surface area (Å²) in [6, 6.07) is 10.6. The van der Waals surface area contributed by atoms with Gasteiger partial charge in [-0.15, -0.1) is 0 Å². The number of nitrogens with one attached hydrogen (secondary N) is 2. The summed E-state index contributed by atoms with van der Waals surface area (Å²) < 4.78 is 22.8. The first-order chi connectivity index (χ1) is 16.6. The Bertz CT molecular complexity index is 1090. The zero-order valence-corrected chi connectivity index (χ0v) is 18.9. The molecule has 0 aliphatic carbocycles. The lowest BCUT2D eigenvalue weighted by Gasteiger charge is -2.37. The number of rotatable bonds is 7. The fourth-order valence-electron chi connectivity index (χ4n) is 4.75. The molecule has 0 aromatic heterocycles. The van der Waals surface area contributed by atoms with Crippen molar-refractivity contribution in [2.24, 2.45) is 0 Å². The molecule has 9 nitrogen and oxygen atoms in total. The molecule has 2 amide bonds. The lowest BCUT2D eigenvalue weighted by molar-refractivity contribution is -0.142. The van der Waals surface area contributed by atoms with Crippen molar-refractivity contribution in [2.45, 2.75) is 50.4 Å². The SMILES string of the molecule is CCCNC(=O)C[C@@H]1C[C@H]2c3cc(NC(=O)c4ccc5c(c4)OCO5)ccc3O[C@H]2[C@@H](CO)O1. The molecule has 0 saturated carbocycles. The number of hydrogen-bond acceptors (Lipinski definition) is 7. The van der Waals surface area contributed by atoms with Gasteiger partial charge in [0.15, 0.2) is 11.5 Å². The minimum atomic E-state index is -0.526. The standard InChI is InChI=1S/C25H28N2O7/c1-2-7-26-23(29)11-16-10-18-17-9-15(4-6-19(17)34-24(18)22(12-28)33-16)27-25(30)14-3-5-20-21(8-14)32-13-31-20/h3-6,8-9,16,18,22,24,28H,2,7,10-13H2,1H3,(H,26,29)(H,27,30)/t16-,18-,22+,24+/m0/s1. The highest BCUT2D eigenvalue weighted by molar-refractivity contribution is 6.04. The number of hydrogen-bond donors (Lipinski definition) is 3. The third-order valence-electron chi connectivity index (χ3n) is 6.38. The van der Waals surface area contributed by atoms with Crippen LogP contribution < -0.4 is 24.8 Å². The number of benzene rings is 2. The van der Waals surface area contributed by atoms with Gasteiger partial charge in [0, 0.05) is 29.3 Å². The van der Waals surface area contributed by atoms with Gasteiger partial charge in [-0.2, -0.15) is 0 Å². The van der Waals surface area contributed by atoms with E-state index in [-0.39, 0.29) is 49.8 Å². The van der Waals surface area contributed by atoms with Gasteiger partial charge in [-0.05, 0) is 49.2 Å². The Morgan fingerprint density at radius 2 is 1.91 bits per heavy atom. The fraction of sp³-hybridized carbons (Fsp3) is 0.440. The highest BCUT2D eigenvalue weighted by Crippen LogP contribution is 2.47. The van der Waals surface area contributed by atoms with E-state index in [1.165, 1.54) is 0 Å². The Balaban J connectivity index is 1.31. The lowest BCUT2D eigenvalue weighted by Crippen LogP contribution is -2.47. The van der Waals surface area contributed by atoms with Gasteiger partial charge in [-0.25, -0.2) is 0 Å². The van der Waals surface area contributed by atoms with Crippen LogP contribution in [0.1, 0.15) is 48.0 Å². The van der Waals surface area contributed by atoms with Crippen LogP contribution >= 0.6 is 0 Å². The van der Waals surface area contributed by atoms with Crippen molar-refractivity contribution in [1.82, 2.24) is 5.32 Å². The predicted molar refractivity (Wildman–Crippen MR) is 122 cm³/mol. The highest BCUT2D eigenvalue weighted by atomic mass is 16.7. The number of anilines is 1. The van der Waals surface area contributed by atoms with Gasteiger partial charge in [0.1, 0.15) is 18.0 Å². The van der Waals surface area contributed by atoms with Crippen LogP contribution in [0.15, 0.2) is 36.4 Å². The van der Waals surface area contributed by atoms with Gasteiger partial charge in [-0.1, -0.05) is 6.92 Å². The number of carbonyl (C=O) groups is 2. The lowest BCUT2D eigenvalue weighted by atomic mass is 9.84. The van der Waals surface area contributed by atoms with Gasteiger partial charge in [0.05, 0.1) is 19.1 Å². The van der Waals surface area contributed by atoms with Crippen molar-refractivity contribution in [2.75, 3.05) is 25.3 Å².